The summed E-state index contributed by atoms with van der Waals surface area (Å²) in [7, 11) is 0.573. The van der Waals surface area contributed by atoms with E-state index in [2.05, 4.69) is 6.07 Å². The van der Waals surface area contributed by atoms with Crippen molar-refractivity contribution in [2.45, 2.75) is 38.1 Å². The number of hydrogen-bond acceptors (Lipinski definition) is 2. The molecule has 0 saturated heterocycles. The molecule has 15 heavy (non-hydrogen) atoms. The Morgan fingerprint density at radius 2 is 2.20 bits per heavy atom. The Hall–Kier alpha value is -0.543. The average Bonchev–Trinajstić information content (AvgIpc) is 2.81. The first-order valence-corrected chi connectivity index (χ1v) is 7.83. The van der Waals surface area contributed by atoms with E-state index >= 15 is 0 Å². The number of furan rings is 1. The minimum absolute atomic E-state index is 0.889. The summed E-state index contributed by atoms with van der Waals surface area (Å²) in [4.78, 5) is 0. The van der Waals surface area contributed by atoms with Gasteiger partial charge in [-0.05, 0) is 24.1 Å². The molecule has 0 radical (unpaired) electrons. The van der Waals surface area contributed by atoms with Crippen LogP contribution < -0.4 is 5.38 Å². The van der Waals surface area contributed by atoms with Crippen LogP contribution in [0.15, 0.2) is 22.8 Å². The van der Waals surface area contributed by atoms with Crippen LogP contribution in [0.3, 0.4) is 0 Å². The SMILES string of the molecule is CO[SiH](CC1CCCCC1)c1ccco1. The van der Waals surface area contributed by atoms with E-state index in [-0.39, 0.29) is 0 Å². The van der Waals surface area contributed by atoms with Gasteiger partial charge in [0.1, 0.15) is 5.38 Å². The largest absolute Gasteiger partial charge is 0.472 e. The van der Waals surface area contributed by atoms with Crippen molar-refractivity contribution < 1.29 is 8.84 Å². The molecule has 0 amide bonds. The van der Waals surface area contributed by atoms with Gasteiger partial charge in [-0.15, -0.1) is 0 Å². The lowest BCUT2D eigenvalue weighted by atomic mass is 9.91. The molecule has 2 rings (SSSR count). The standard InChI is InChI=1S/C12H20O2Si/c1-13-15(12-8-5-9-14-12)10-11-6-3-2-4-7-11/h5,8-9,11,15H,2-4,6-7,10H2,1H3. The molecule has 1 heterocycles. The third-order valence-corrected chi connectivity index (χ3v) is 6.04. The molecule has 0 spiro atoms. The monoisotopic (exact) mass is 224 g/mol. The van der Waals surface area contributed by atoms with Crippen LogP contribution in [0.25, 0.3) is 0 Å². The van der Waals surface area contributed by atoms with Gasteiger partial charge in [0.25, 0.3) is 0 Å². The fraction of sp³-hybridized carbons (Fsp3) is 0.667. The molecule has 0 bridgehead atoms. The molecule has 1 fully saturated rings. The third-order valence-electron chi connectivity index (χ3n) is 3.42. The Morgan fingerprint density at radius 1 is 1.40 bits per heavy atom. The van der Waals surface area contributed by atoms with Gasteiger partial charge in [0, 0.05) is 7.11 Å². The molecule has 0 aromatic carbocycles. The molecule has 84 valence electrons. The first-order chi connectivity index (χ1) is 7.40. The van der Waals surface area contributed by atoms with E-state index in [1.165, 1.54) is 38.1 Å². The summed E-state index contributed by atoms with van der Waals surface area (Å²) < 4.78 is 11.1. The quantitative estimate of drug-likeness (QED) is 0.733. The van der Waals surface area contributed by atoms with E-state index in [4.69, 9.17) is 8.84 Å². The molecule has 2 nitrogen and oxygen atoms in total. The Bertz CT molecular complexity index is 265. The lowest BCUT2D eigenvalue weighted by Crippen LogP contribution is -2.33. The fourth-order valence-corrected chi connectivity index (χ4v) is 4.82. The minimum atomic E-state index is -1.26. The molecule has 1 aromatic rings. The summed E-state index contributed by atoms with van der Waals surface area (Å²) in [6.07, 6.45) is 8.80. The maximum Gasteiger partial charge on any atom is 0.248 e. The van der Waals surface area contributed by atoms with Gasteiger partial charge >= 0.3 is 0 Å². The van der Waals surface area contributed by atoms with E-state index in [0.29, 0.717) is 0 Å². The van der Waals surface area contributed by atoms with Crippen molar-refractivity contribution in [3.05, 3.63) is 18.4 Å². The second-order valence-electron chi connectivity index (χ2n) is 4.48. The summed E-state index contributed by atoms with van der Waals surface area (Å²) >= 11 is 0. The third kappa shape index (κ3) is 2.95. The van der Waals surface area contributed by atoms with E-state index in [9.17, 15) is 0 Å². The first-order valence-electron chi connectivity index (χ1n) is 5.96. The lowest BCUT2D eigenvalue weighted by molar-refractivity contribution is 0.356. The van der Waals surface area contributed by atoms with Gasteiger partial charge < -0.3 is 8.84 Å². The van der Waals surface area contributed by atoms with Crippen molar-refractivity contribution in [3.63, 3.8) is 0 Å². The molecule has 1 atom stereocenters. The zero-order chi connectivity index (χ0) is 10.5. The highest BCUT2D eigenvalue weighted by atomic mass is 28.3. The van der Waals surface area contributed by atoms with Gasteiger partial charge in [-0.3, -0.25) is 0 Å². The van der Waals surface area contributed by atoms with Crippen LogP contribution in [0.4, 0.5) is 0 Å². The number of rotatable bonds is 4. The summed E-state index contributed by atoms with van der Waals surface area (Å²) in [6, 6.07) is 5.29. The lowest BCUT2D eigenvalue weighted by Gasteiger charge is -2.23. The average molecular weight is 224 g/mol. The molecule has 1 saturated carbocycles. The highest BCUT2D eigenvalue weighted by Crippen LogP contribution is 2.27. The van der Waals surface area contributed by atoms with Crippen LogP contribution in [0.2, 0.25) is 6.04 Å². The maximum absolute atomic E-state index is 5.64. The van der Waals surface area contributed by atoms with Gasteiger partial charge in [-0.1, -0.05) is 32.1 Å². The van der Waals surface area contributed by atoms with E-state index < -0.39 is 9.04 Å². The predicted molar refractivity (Wildman–Crippen MR) is 63.9 cm³/mol. The van der Waals surface area contributed by atoms with Gasteiger partial charge in [-0.25, -0.2) is 0 Å². The normalized spacial score (nSPS) is 20.3. The summed E-state index contributed by atoms with van der Waals surface area (Å²) in [5, 5.41) is 1.11. The predicted octanol–water partition coefficient (Wildman–Crippen LogP) is 2.44. The topological polar surface area (TPSA) is 22.4 Å². The zero-order valence-electron chi connectivity index (χ0n) is 9.45. The Labute approximate surface area is 93.4 Å². The van der Waals surface area contributed by atoms with Crippen molar-refractivity contribution in [1.82, 2.24) is 0 Å². The van der Waals surface area contributed by atoms with Gasteiger partial charge in [-0.2, -0.15) is 0 Å². The van der Waals surface area contributed by atoms with Crippen LogP contribution in [0.1, 0.15) is 32.1 Å². The fourth-order valence-electron chi connectivity index (χ4n) is 2.53. The Balaban J connectivity index is 1.90. The maximum atomic E-state index is 5.64. The highest BCUT2D eigenvalue weighted by molar-refractivity contribution is 6.66. The summed E-state index contributed by atoms with van der Waals surface area (Å²) in [5.41, 5.74) is 0. The summed E-state index contributed by atoms with van der Waals surface area (Å²) in [5.74, 6) is 0.889. The van der Waals surface area contributed by atoms with E-state index in [0.717, 1.165) is 11.3 Å². The molecule has 0 N–H and O–H groups in total. The van der Waals surface area contributed by atoms with Crippen molar-refractivity contribution in [2.24, 2.45) is 5.92 Å². The second-order valence-corrected chi connectivity index (χ2v) is 6.97. The first kappa shape index (κ1) is 11.0. The molecule has 3 heteroatoms. The van der Waals surface area contributed by atoms with Crippen LogP contribution >= 0.6 is 0 Å². The molecule has 0 aliphatic heterocycles. The highest BCUT2D eigenvalue weighted by Gasteiger charge is 2.23. The molecule has 1 aliphatic carbocycles. The van der Waals surface area contributed by atoms with Crippen LogP contribution in [0, 0.1) is 5.92 Å². The van der Waals surface area contributed by atoms with Crippen LogP contribution in [-0.4, -0.2) is 16.2 Å². The van der Waals surface area contributed by atoms with E-state index in [1.807, 2.05) is 13.2 Å². The molecule has 1 aliphatic rings. The van der Waals surface area contributed by atoms with Crippen molar-refractivity contribution in [2.75, 3.05) is 7.11 Å². The molecular weight excluding hydrogens is 204 g/mol. The van der Waals surface area contributed by atoms with Gasteiger partial charge in [0.05, 0.1) is 6.26 Å². The van der Waals surface area contributed by atoms with Crippen molar-refractivity contribution in [3.8, 4) is 0 Å². The van der Waals surface area contributed by atoms with Crippen LogP contribution in [0.5, 0.6) is 0 Å². The van der Waals surface area contributed by atoms with Gasteiger partial charge in [0.15, 0.2) is 0 Å². The second kappa shape index (κ2) is 5.52. The molecule has 1 unspecified atom stereocenters. The molecule has 1 aromatic heterocycles. The number of hydrogen-bond donors (Lipinski definition) is 0. The summed E-state index contributed by atoms with van der Waals surface area (Å²) in [6.45, 7) is 0. The Morgan fingerprint density at radius 3 is 2.80 bits per heavy atom. The molecular formula is C12H20O2Si. The van der Waals surface area contributed by atoms with E-state index in [1.54, 1.807) is 6.26 Å². The van der Waals surface area contributed by atoms with Crippen LogP contribution in [-0.2, 0) is 4.43 Å². The zero-order valence-corrected chi connectivity index (χ0v) is 10.6. The van der Waals surface area contributed by atoms with Gasteiger partial charge in [0.2, 0.25) is 9.04 Å². The minimum Gasteiger partial charge on any atom is -0.472 e. The van der Waals surface area contributed by atoms with Crippen molar-refractivity contribution in [1.29, 1.82) is 0 Å². The smallest absolute Gasteiger partial charge is 0.248 e. The Kier molecular flexibility index (Phi) is 4.03. The van der Waals surface area contributed by atoms with Crippen molar-refractivity contribution >= 4 is 14.4 Å².